The van der Waals surface area contributed by atoms with Crippen LogP contribution < -0.4 is 5.46 Å². The minimum absolute atomic E-state index is 0.0331. The highest BCUT2D eigenvalue weighted by molar-refractivity contribution is 8.32. The van der Waals surface area contributed by atoms with Crippen molar-refractivity contribution in [1.29, 1.82) is 0 Å². The zero-order chi connectivity index (χ0) is 23.9. The van der Waals surface area contributed by atoms with Gasteiger partial charge in [-0.05, 0) is 52.5 Å². The van der Waals surface area contributed by atoms with Crippen LogP contribution in [0.1, 0.15) is 33.4 Å². The molecule has 11 heteroatoms. The van der Waals surface area contributed by atoms with Gasteiger partial charge >= 0.3 is 13.3 Å². The van der Waals surface area contributed by atoms with Gasteiger partial charge in [0, 0.05) is 23.6 Å². The van der Waals surface area contributed by atoms with E-state index < -0.39 is 40.2 Å². The van der Waals surface area contributed by atoms with Gasteiger partial charge in [0.05, 0.1) is 17.8 Å². The summed E-state index contributed by atoms with van der Waals surface area (Å²) in [5.41, 5.74) is -0.980. The summed E-state index contributed by atoms with van der Waals surface area (Å²) >= 11 is 0. The third-order valence-corrected chi connectivity index (χ3v) is 7.07. The summed E-state index contributed by atoms with van der Waals surface area (Å²) in [5, 5.41) is 0. The maximum atomic E-state index is 13.3. The van der Waals surface area contributed by atoms with E-state index in [1.54, 1.807) is 18.3 Å². The molecule has 3 rings (SSSR count). The van der Waals surface area contributed by atoms with E-state index in [1.165, 1.54) is 4.57 Å². The van der Waals surface area contributed by atoms with Gasteiger partial charge in [-0.2, -0.15) is 13.2 Å². The van der Waals surface area contributed by atoms with Crippen LogP contribution in [0.5, 0.6) is 0 Å². The number of nitrogens with zero attached hydrogens (tertiary/aromatic N) is 3. The second-order valence-corrected chi connectivity index (χ2v) is 14.4. The van der Waals surface area contributed by atoms with Gasteiger partial charge in [-0.15, -0.1) is 0 Å². The van der Waals surface area contributed by atoms with Crippen molar-refractivity contribution in [2.24, 2.45) is 0 Å². The lowest BCUT2D eigenvalue weighted by atomic mass is 9.80. The van der Waals surface area contributed by atoms with Crippen LogP contribution in [0.3, 0.4) is 0 Å². The summed E-state index contributed by atoms with van der Waals surface area (Å²) in [5.74, 6) is 0.963. The predicted octanol–water partition coefficient (Wildman–Crippen LogP) is 3.93. The van der Waals surface area contributed by atoms with E-state index in [-0.39, 0.29) is 12.6 Å². The van der Waals surface area contributed by atoms with Crippen molar-refractivity contribution in [2.45, 2.75) is 51.8 Å². The molecule has 0 N–H and O–H groups in total. The SMILES string of the molecule is CC1(C)OB(c2ccc(-c3nc(C(F)(F)F)cn3COCCS(C)(C)C)nc2)OC1(C)C. The lowest BCUT2D eigenvalue weighted by Gasteiger charge is -2.32. The summed E-state index contributed by atoms with van der Waals surface area (Å²) in [7, 11) is -1.36. The lowest BCUT2D eigenvalue weighted by molar-refractivity contribution is -0.141. The average molecular weight is 473 g/mol. The molecule has 2 aromatic rings. The number of hydrogen-bond acceptors (Lipinski definition) is 5. The first-order chi connectivity index (χ1) is 14.6. The Morgan fingerprint density at radius 1 is 1.09 bits per heavy atom. The molecule has 0 saturated carbocycles. The average Bonchev–Trinajstić information content (AvgIpc) is 3.16. The number of aromatic nitrogens is 3. The number of imidazole rings is 1. The van der Waals surface area contributed by atoms with Crippen LogP contribution in [-0.2, 0) is 27.0 Å². The largest absolute Gasteiger partial charge is 0.496 e. The minimum atomic E-state index is -4.56. The van der Waals surface area contributed by atoms with Gasteiger partial charge in [0.1, 0.15) is 12.4 Å². The third-order valence-electron chi connectivity index (χ3n) is 5.68. The molecule has 0 aliphatic carbocycles. The molecule has 0 atom stereocenters. The van der Waals surface area contributed by atoms with Gasteiger partial charge in [0.15, 0.2) is 11.5 Å². The topological polar surface area (TPSA) is 58.4 Å². The van der Waals surface area contributed by atoms with E-state index in [4.69, 9.17) is 14.0 Å². The van der Waals surface area contributed by atoms with Crippen molar-refractivity contribution < 1.29 is 27.2 Å². The summed E-state index contributed by atoms with van der Waals surface area (Å²) in [6.07, 6.45) is 4.43. The molecular formula is C21H31BF3N3O3S. The van der Waals surface area contributed by atoms with Crippen LogP contribution in [0, 0.1) is 0 Å². The van der Waals surface area contributed by atoms with Crippen LogP contribution in [0.25, 0.3) is 11.5 Å². The van der Waals surface area contributed by atoms with E-state index >= 15 is 0 Å². The number of pyridine rings is 1. The Morgan fingerprint density at radius 3 is 2.22 bits per heavy atom. The van der Waals surface area contributed by atoms with Crippen LogP contribution in [0.15, 0.2) is 24.5 Å². The quantitative estimate of drug-likeness (QED) is 0.451. The molecule has 0 spiro atoms. The van der Waals surface area contributed by atoms with E-state index in [0.29, 0.717) is 17.8 Å². The molecule has 1 saturated heterocycles. The number of ether oxygens (including phenoxy) is 1. The van der Waals surface area contributed by atoms with E-state index in [9.17, 15) is 13.2 Å². The highest BCUT2D eigenvalue weighted by Crippen LogP contribution is 2.37. The van der Waals surface area contributed by atoms with Gasteiger partial charge in [-0.3, -0.25) is 4.98 Å². The fraction of sp³-hybridized carbons (Fsp3) is 0.619. The van der Waals surface area contributed by atoms with Crippen molar-refractivity contribution >= 4 is 22.6 Å². The smallest absolute Gasteiger partial charge is 0.399 e. The molecule has 0 aromatic carbocycles. The molecule has 1 aliphatic heterocycles. The monoisotopic (exact) mass is 473 g/mol. The molecule has 0 unspecified atom stereocenters. The molecule has 6 nitrogen and oxygen atoms in total. The maximum absolute atomic E-state index is 13.3. The van der Waals surface area contributed by atoms with E-state index in [2.05, 4.69) is 28.7 Å². The lowest BCUT2D eigenvalue weighted by Crippen LogP contribution is -2.41. The second kappa shape index (κ2) is 8.66. The van der Waals surface area contributed by atoms with Crippen LogP contribution in [0.2, 0.25) is 0 Å². The molecule has 0 bridgehead atoms. The Kier molecular flexibility index (Phi) is 6.79. The van der Waals surface area contributed by atoms with Gasteiger partial charge in [-0.25, -0.2) is 15.0 Å². The normalized spacial score (nSPS) is 18.9. The summed E-state index contributed by atoms with van der Waals surface area (Å²) in [4.78, 5) is 8.14. The Labute approximate surface area is 189 Å². The third kappa shape index (κ3) is 5.67. The fourth-order valence-corrected chi connectivity index (χ4v) is 3.60. The predicted molar refractivity (Wildman–Crippen MR) is 122 cm³/mol. The van der Waals surface area contributed by atoms with Crippen molar-refractivity contribution in [3.8, 4) is 11.5 Å². The first kappa shape index (κ1) is 25.1. The highest BCUT2D eigenvalue weighted by Gasteiger charge is 2.51. The zero-order valence-electron chi connectivity index (χ0n) is 19.6. The van der Waals surface area contributed by atoms with E-state index in [1.807, 2.05) is 27.7 Å². The number of halogens is 3. The molecule has 3 heterocycles. The first-order valence-corrected chi connectivity index (χ1v) is 13.3. The van der Waals surface area contributed by atoms with E-state index in [0.717, 1.165) is 11.9 Å². The summed E-state index contributed by atoms with van der Waals surface area (Å²) in [6, 6.07) is 3.36. The van der Waals surface area contributed by atoms with Gasteiger partial charge < -0.3 is 18.6 Å². The Hall–Kier alpha value is -1.56. The number of alkyl halides is 3. The first-order valence-electron chi connectivity index (χ1n) is 10.3. The molecule has 1 aliphatic rings. The van der Waals surface area contributed by atoms with Crippen LogP contribution in [0.4, 0.5) is 13.2 Å². The molecule has 0 radical (unpaired) electrons. The Balaban J connectivity index is 1.81. The Bertz CT molecular complexity index is 924. The fourth-order valence-electron chi connectivity index (χ4n) is 2.98. The van der Waals surface area contributed by atoms with Crippen molar-refractivity contribution in [1.82, 2.24) is 14.5 Å². The molecule has 1 fully saturated rings. The van der Waals surface area contributed by atoms with Gasteiger partial charge in [-0.1, -0.05) is 6.07 Å². The van der Waals surface area contributed by atoms with Crippen molar-refractivity contribution in [3.05, 3.63) is 30.2 Å². The summed E-state index contributed by atoms with van der Waals surface area (Å²) in [6.45, 7) is 8.23. The standard InChI is InChI=1S/C21H31BF3N3O3S/c1-19(2)20(3,4)31-22(30-19)15-8-9-16(26-12-15)18-27-17(21(23,24)25)13-28(18)14-29-10-11-32(5,6)7/h8-9,12-13H,10-11,14H2,1-7H3. The summed E-state index contributed by atoms with van der Waals surface area (Å²) < 4.78 is 58.9. The van der Waals surface area contributed by atoms with Crippen LogP contribution >= 0.6 is 10.0 Å². The number of rotatable bonds is 7. The molecular weight excluding hydrogens is 442 g/mol. The molecule has 0 amide bonds. The number of hydrogen-bond donors (Lipinski definition) is 0. The molecule has 32 heavy (non-hydrogen) atoms. The zero-order valence-corrected chi connectivity index (χ0v) is 20.4. The van der Waals surface area contributed by atoms with Gasteiger partial charge in [0.25, 0.3) is 0 Å². The van der Waals surface area contributed by atoms with Gasteiger partial charge in [0.2, 0.25) is 0 Å². The Morgan fingerprint density at radius 2 is 1.72 bits per heavy atom. The molecule has 178 valence electrons. The second-order valence-electron chi connectivity index (χ2n) is 9.81. The maximum Gasteiger partial charge on any atom is 0.496 e. The van der Waals surface area contributed by atoms with Crippen molar-refractivity contribution in [2.75, 3.05) is 31.1 Å². The minimum Gasteiger partial charge on any atom is -0.399 e. The van der Waals surface area contributed by atoms with Crippen molar-refractivity contribution in [3.63, 3.8) is 0 Å². The molecule has 2 aromatic heterocycles. The van der Waals surface area contributed by atoms with Crippen LogP contribution in [-0.4, -0.2) is 64.0 Å². The highest BCUT2D eigenvalue weighted by atomic mass is 32.3.